The lowest BCUT2D eigenvalue weighted by atomic mass is 10.2. The molecule has 0 aliphatic carbocycles. The number of aryl methyl sites for hydroxylation is 1. The predicted molar refractivity (Wildman–Crippen MR) is 72.1 cm³/mol. The van der Waals surface area contributed by atoms with E-state index in [9.17, 15) is 4.39 Å². The van der Waals surface area contributed by atoms with Crippen LogP contribution in [0.3, 0.4) is 0 Å². The van der Waals surface area contributed by atoms with Crippen LogP contribution < -0.4 is 15.2 Å². The second kappa shape index (κ2) is 5.71. The van der Waals surface area contributed by atoms with Gasteiger partial charge in [-0.05, 0) is 24.6 Å². The van der Waals surface area contributed by atoms with Gasteiger partial charge in [-0.15, -0.1) is 0 Å². The molecule has 0 aliphatic heterocycles. The fraction of sp³-hybridized carbons (Fsp3) is 0.200. The lowest BCUT2D eigenvalue weighted by Gasteiger charge is -2.12. The van der Waals surface area contributed by atoms with Crippen molar-refractivity contribution in [1.82, 2.24) is 0 Å². The molecular weight excluding hydrogens is 245 g/mol. The number of benzene rings is 2. The number of nitrogens with two attached hydrogens (primary N) is 1. The molecule has 2 aromatic carbocycles. The minimum absolute atomic E-state index is 0.297. The molecule has 3 nitrogen and oxygen atoms in total. The molecule has 0 aliphatic rings. The summed E-state index contributed by atoms with van der Waals surface area (Å²) in [4.78, 5) is 0. The van der Waals surface area contributed by atoms with Crippen LogP contribution >= 0.6 is 0 Å². The molecule has 19 heavy (non-hydrogen) atoms. The average molecular weight is 261 g/mol. The first-order valence-electron chi connectivity index (χ1n) is 5.95. The van der Waals surface area contributed by atoms with E-state index in [0.29, 0.717) is 29.4 Å². The summed E-state index contributed by atoms with van der Waals surface area (Å²) >= 11 is 0. The maximum atomic E-state index is 13.5. The van der Waals surface area contributed by atoms with Crippen molar-refractivity contribution in [3.8, 4) is 17.2 Å². The van der Waals surface area contributed by atoms with E-state index in [-0.39, 0.29) is 5.82 Å². The van der Waals surface area contributed by atoms with E-state index in [4.69, 9.17) is 15.2 Å². The molecule has 0 amide bonds. The standard InChI is InChI=1S/C15H16FNO2/c1-10-3-5-13(7-14(10)16)19-15-8-12(18-2)6-4-11(15)9-17/h3-8H,9,17H2,1-2H3. The molecule has 4 heteroatoms. The molecule has 2 N–H and O–H groups in total. The van der Waals surface area contributed by atoms with Gasteiger partial charge in [0.15, 0.2) is 0 Å². The van der Waals surface area contributed by atoms with E-state index in [2.05, 4.69) is 0 Å². The van der Waals surface area contributed by atoms with E-state index >= 15 is 0 Å². The third kappa shape index (κ3) is 3.03. The van der Waals surface area contributed by atoms with E-state index < -0.39 is 0 Å². The maximum Gasteiger partial charge on any atom is 0.135 e. The van der Waals surface area contributed by atoms with Crippen LogP contribution in [0.1, 0.15) is 11.1 Å². The Labute approximate surface area is 111 Å². The minimum Gasteiger partial charge on any atom is -0.497 e. The van der Waals surface area contributed by atoms with Crippen molar-refractivity contribution in [1.29, 1.82) is 0 Å². The van der Waals surface area contributed by atoms with Crippen LogP contribution in [0.15, 0.2) is 36.4 Å². The Bertz CT molecular complexity index is 584. The van der Waals surface area contributed by atoms with Crippen molar-refractivity contribution in [2.24, 2.45) is 5.73 Å². The first-order valence-corrected chi connectivity index (χ1v) is 5.95. The summed E-state index contributed by atoms with van der Waals surface area (Å²) in [6.45, 7) is 2.05. The number of ether oxygens (including phenoxy) is 2. The average Bonchev–Trinajstić information content (AvgIpc) is 2.43. The zero-order chi connectivity index (χ0) is 13.8. The van der Waals surface area contributed by atoms with Crippen LogP contribution in [0, 0.1) is 12.7 Å². The quantitative estimate of drug-likeness (QED) is 0.917. The third-order valence-electron chi connectivity index (χ3n) is 2.87. The summed E-state index contributed by atoms with van der Waals surface area (Å²) in [6.07, 6.45) is 0. The first kappa shape index (κ1) is 13.4. The molecule has 0 atom stereocenters. The highest BCUT2D eigenvalue weighted by Crippen LogP contribution is 2.30. The number of halogens is 1. The number of rotatable bonds is 4. The Hall–Kier alpha value is -2.07. The zero-order valence-electron chi connectivity index (χ0n) is 10.9. The van der Waals surface area contributed by atoms with Gasteiger partial charge in [0, 0.05) is 24.2 Å². The molecule has 2 aromatic rings. The van der Waals surface area contributed by atoms with Gasteiger partial charge in [0.2, 0.25) is 0 Å². The molecule has 0 saturated heterocycles. The fourth-order valence-corrected chi connectivity index (χ4v) is 1.69. The van der Waals surface area contributed by atoms with Crippen molar-refractivity contribution >= 4 is 0 Å². The Morgan fingerprint density at radius 2 is 1.84 bits per heavy atom. The monoisotopic (exact) mass is 261 g/mol. The molecule has 100 valence electrons. The van der Waals surface area contributed by atoms with Crippen molar-refractivity contribution in [3.63, 3.8) is 0 Å². The molecule has 0 aromatic heterocycles. The molecule has 0 spiro atoms. The number of hydrogen-bond donors (Lipinski definition) is 1. The SMILES string of the molecule is COc1ccc(CN)c(Oc2ccc(C)c(F)c2)c1. The smallest absolute Gasteiger partial charge is 0.135 e. The molecule has 0 bridgehead atoms. The molecular formula is C15H16FNO2. The van der Waals surface area contributed by atoms with Crippen LogP contribution in [0.4, 0.5) is 4.39 Å². The number of hydrogen-bond acceptors (Lipinski definition) is 3. The topological polar surface area (TPSA) is 44.5 Å². The van der Waals surface area contributed by atoms with E-state index in [1.807, 2.05) is 12.1 Å². The number of methoxy groups -OCH3 is 1. The molecule has 2 rings (SSSR count). The summed E-state index contributed by atoms with van der Waals surface area (Å²) in [7, 11) is 1.58. The summed E-state index contributed by atoms with van der Waals surface area (Å²) in [6, 6.07) is 10.1. The fourth-order valence-electron chi connectivity index (χ4n) is 1.69. The molecule has 0 fully saturated rings. The molecule has 0 radical (unpaired) electrons. The highest BCUT2D eigenvalue weighted by Gasteiger charge is 2.07. The Kier molecular flexibility index (Phi) is 4.02. The summed E-state index contributed by atoms with van der Waals surface area (Å²) in [5.74, 6) is 1.38. The van der Waals surface area contributed by atoms with Crippen LogP contribution in [0.5, 0.6) is 17.2 Å². The zero-order valence-corrected chi connectivity index (χ0v) is 10.9. The second-order valence-corrected chi connectivity index (χ2v) is 4.19. The Balaban J connectivity index is 2.33. The molecule has 0 unspecified atom stereocenters. The Morgan fingerprint density at radius 1 is 1.11 bits per heavy atom. The van der Waals surface area contributed by atoms with E-state index in [1.165, 1.54) is 6.07 Å². The minimum atomic E-state index is -0.297. The van der Waals surface area contributed by atoms with Gasteiger partial charge in [-0.3, -0.25) is 0 Å². The lowest BCUT2D eigenvalue weighted by molar-refractivity contribution is 0.407. The summed E-state index contributed by atoms with van der Waals surface area (Å²) < 4.78 is 24.3. The second-order valence-electron chi connectivity index (χ2n) is 4.19. The normalized spacial score (nSPS) is 10.3. The van der Waals surface area contributed by atoms with Gasteiger partial charge < -0.3 is 15.2 Å². The largest absolute Gasteiger partial charge is 0.497 e. The van der Waals surface area contributed by atoms with Gasteiger partial charge in [-0.25, -0.2) is 4.39 Å². The van der Waals surface area contributed by atoms with Crippen LogP contribution in [0.2, 0.25) is 0 Å². The van der Waals surface area contributed by atoms with E-state index in [0.717, 1.165) is 5.56 Å². The van der Waals surface area contributed by atoms with Gasteiger partial charge in [0.25, 0.3) is 0 Å². The van der Waals surface area contributed by atoms with Crippen molar-refractivity contribution in [2.75, 3.05) is 7.11 Å². The first-order chi connectivity index (χ1) is 9.13. The highest BCUT2D eigenvalue weighted by molar-refractivity contribution is 5.43. The van der Waals surface area contributed by atoms with Crippen LogP contribution in [-0.2, 0) is 6.54 Å². The van der Waals surface area contributed by atoms with Gasteiger partial charge in [-0.1, -0.05) is 12.1 Å². The van der Waals surface area contributed by atoms with Crippen molar-refractivity contribution in [2.45, 2.75) is 13.5 Å². The predicted octanol–water partition coefficient (Wildman–Crippen LogP) is 3.39. The Morgan fingerprint density at radius 3 is 2.47 bits per heavy atom. The maximum absolute atomic E-state index is 13.5. The summed E-state index contributed by atoms with van der Waals surface area (Å²) in [5, 5.41) is 0. The van der Waals surface area contributed by atoms with Crippen LogP contribution in [0.25, 0.3) is 0 Å². The van der Waals surface area contributed by atoms with Crippen molar-refractivity contribution < 1.29 is 13.9 Å². The van der Waals surface area contributed by atoms with Gasteiger partial charge in [-0.2, -0.15) is 0 Å². The van der Waals surface area contributed by atoms with Crippen molar-refractivity contribution in [3.05, 3.63) is 53.3 Å². The van der Waals surface area contributed by atoms with Crippen LogP contribution in [-0.4, -0.2) is 7.11 Å². The lowest BCUT2D eigenvalue weighted by Crippen LogP contribution is -2.00. The molecule has 0 saturated carbocycles. The van der Waals surface area contributed by atoms with Gasteiger partial charge >= 0.3 is 0 Å². The van der Waals surface area contributed by atoms with E-state index in [1.54, 1.807) is 32.2 Å². The highest BCUT2D eigenvalue weighted by atomic mass is 19.1. The van der Waals surface area contributed by atoms with Gasteiger partial charge in [0.1, 0.15) is 23.1 Å². The van der Waals surface area contributed by atoms with Gasteiger partial charge in [0.05, 0.1) is 7.11 Å². The summed E-state index contributed by atoms with van der Waals surface area (Å²) in [5.41, 5.74) is 7.07. The third-order valence-corrected chi connectivity index (χ3v) is 2.87. The molecule has 0 heterocycles.